The number of aromatic nitrogens is 3. The lowest BCUT2D eigenvalue weighted by atomic mass is 10.1. The van der Waals surface area contributed by atoms with Crippen LogP contribution in [0.15, 0.2) is 47.8 Å². The van der Waals surface area contributed by atoms with E-state index < -0.39 is 17.6 Å². The Balaban J connectivity index is 1.24. The molecule has 5 rings (SSSR count). The van der Waals surface area contributed by atoms with Gasteiger partial charge >= 0.3 is 6.18 Å². The van der Waals surface area contributed by atoms with Crippen LogP contribution in [0.5, 0.6) is 0 Å². The largest absolute Gasteiger partial charge is 0.416 e. The fraction of sp³-hybridized carbons (Fsp3) is 0.385. The molecule has 0 bridgehead atoms. The molecule has 13 heteroatoms. The van der Waals surface area contributed by atoms with Gasteiger partial charge in [-0.2, -0.15) is 23.3 Å². The standard InChI is InChI=1S/C26H28F4N8O/c27-23-17-32-25(35-24(23)38-8-10-39-11-9-38)36-33-16-19-4-5-20(15-31-19)34-21-12-18(26(28,29)30)13-22(14-21)37-6-2-1-3-7-37/h4-5,12-17,34H,1-3,6-11H2,(H,32,35,36)/b33-16-. The number of hydrogen-bond donors (Lipinski definition) is 2. The summed E-state index contributed by atoms with van der Waals surface area (Å²) in [6, 6.07) is 7.39. The van der Waals surface area contributed by atoms with Crippen LogP contribution in [-0.4, -0.2) is 60.6 Å². The van der Waals surface area contributed by atoms with E-state index in [0.29, 0.717) is 49.1 Å². The molecule has 9 nitrogen and oxygen atoms in total. The molecule has 39 heavy (non-hydrogen) atoms. The van der Waals surface area contributed by atoms with Crippen molar-refractivity contribution in [3.05, 3.63) is 59.8 Å². The summed E-state index contributed by atoms with van der Waals surface area (Å²) in [4.78, 5) is 16.2. The summed E-state index contributed by atoms with van der Waals surface area (Å²) in [5.74, 6) is -0.223. The topological polar surface area (TPSA) is 90.8 Å². The number of anilines is 5. The first-order chi connectivity index (χ1) is 18.8. The molecule has 2 N–H and O–H groups in total. The molecule has 4 heterocycles. The van der Waals surface area contributed by atoms with Crippen LogP contribution < -0.4 is 20.5 Å². The molecule has 3 aromatic rings. The summed E-state index contributed by atoms with van der Waals surface area (Å²) in [7, 11) is 0. The van der Waals surface area contributed by atoms with Crippen LogP contribution in [0, 0.1) is 5.82 Å². The minimum Gasteiger partial charge on any atom is -0.378 e. The molecule has 0 spiro atoms. The molecule has 2 fully saturated rings. The predicted molar refractivity (Wildman–Crippen MR) is 141 cm³/mol. The maximum Gasteiger partial charge on any atom is 0.416 e. The van der Waals surface area contributed by atoms with E-state index in [1.807, 2.05) is 4.90 Å². The van der Waals surface area contributed by atoms with E-state index in [-0.39, 0.29) is 11.8 Å². The van der Waals surface area contributed by atoms with Crippen LogP contribution in [-0.2, 0) is 10.9 Å². The second-order valence-electron chi connectivity index (χ2n) is 9.25. The summed E-state index contributed by atoms with van der Waals surface area (Å²) in [5.41, 5.74) is 3.87. The van der Waals surface area contributed by atoms with Gasteiger partial charge in [0.05, 0.1) is 48.8 Å². The number of alkyl halides is 3. The quantitative estimate of drug-likeness (QED) is 0.243. The van der Waals surface area contributed by atoms with E-state index in [0.717, 1.165) is 44.6 Å². The number of morpholine rings is 1. The van der Waals surface area contributed by atoms with Gasteiger partial charge in [0.1, 0.15) is 0 Å². The summed E-state index contributed by atoms with van der Waals surface area (Å²) >= 11 is 0. The van der Waals surface area contributed by atoms with Crippen molar-refractivity contribution in [3.63, 3.8) is 0 Å². The van der Waals surface area contributed by atoms with Gasteiger partial charge in [0, 0.05) is 37.6 Å². The Bertz CT molecular complexity index is 1290. The number of piperidine rings is 1. The highest BCUT2D eigenvalue weighted by Crippen LogP contribution is 2.36. The van der Waals surface area contributed by atoms with Crippen molar-refractivity contribution < 1.29 is 22.3 Å². The van der Waals surface area contributed by atoms with Gasteiger partial charge in [-0.3, -0.25) is 4.98 Å². The molecule has 2 saturated heterocycles. The number of nitrogens with one attached hydrogen (secondary N) is 2. The monoisotopic (exact) mass is 544 g/mol. The Morgan fingerprint density at radius 3 is 2.41 bits per heavy atom. The Kier molecular flexibility index (Phi) is 8.05. The van der Waals surface area contributed by atoms with Crippen molar-refractivity contribution in [3.8, 4) is 0 Å². The molecular weight excluding hydrogens is 516 g/mol. The van der Waals surface area contributed by atoms with E-state index >= 15 is 0 Å². The molecule has 2 aliphatic heterocycles. The summed E-state index contributed by atoms with van der Waals surface area (Å²) in [6.07, 6.45) is 2.58. The fourth-order valence-corrected chi connectivity index (χ4v) is 4.47. The van der Waals surface area contributed by atoms with Crippen LogP contribution in [0.3, 0.4) is 0 Å². The fourth-order valence-electron chi connectivity index (χ4n) is 4.47. The van der Waals surface area contributed by atoms with Gasteiger partial charge in [-0.25, -0.2) is 14.8 Å². The van der Waals surface area contributed by atoms with Crippen LogP contribution >= 0.6 is 0 Å². The van der Waals surface area contributed by atoms with Crippen molar-refractivity contribution in [2.75, 3.05) is 59.9 Å². The lowest BCUT2D eigenvalue weighted by Gasteiger charge is -2.30. The van der Waals surface area contributed by atoms with Gasteiger partial charge in [-0.05, 0) is 49.6 Å². The highest BCUT2D eigenvalue weighted by molar-refractivity contribution is 5.78. The average molecular weight is 545 g/mol. The lowest BCUT2D eigenvalue weighted by molar-refractivity contribution is -0.137. The van der Waals surface area contributed by atoms with E-state index in [2.05, 4.69) is 30.8 Å². The van der Waals surface area contributed by atoms with Gasteiger partial charge in [-0.1, -0.05) is 0 Å². The average Bonchev–Trinajstić information content (AvgIpc) is 2.95. The zero-order valence-electron chi connectivity index (χ0n) is 21.1. The molecular formula is C26H28F4N8O. The van der Waals surface area contributed by atoms with Gasteiger partial charge in [0.2, 0.25) is 5.95 Å². The van der Waals surface area contributed by atoms with Gasteiger partial charge in [0.15, 0.2) is 11.6 Å². The molecule has 2 aromatic heterocycles. The third-order valence-corrected chi connectivity index (χ3v) is 6.44. The van der Waals surface area contributed by atoms with Crippen molar-refractivity contribution >= 4 is 35.0 Å². The maximum absolute atomic E-state index is 14.2. The number of halogens is 4. The number of hydrazone groups is 1. The van der Waals surface area contributed by atoms with E-state index in [1.165, 1.54) is 18.5 Å². The molecule has 2 aliphatic rings. The van der Waals surface area contributed by atoms with Crippen LogP contribution in [0.2, 0.25) is 0 Å². The normalized spacial score (nSPS) is 16.5. The molecule has 206 valence electrons. The highest BCUT2D eigenvalue weighted by atomic mass is 19.4. The number of rotatable bonds is 7. The minimum atomic E-state index is -4.45. The first kappa shape index (κ1) is 26.6. The number of ether oxygens (including phenoxy) is 1. The van der Waals surface area contributed by atoms with Gasteiger partial charge < -0.3 is 19.9 Å². The van der Waals surface area contributed by atoms with Gasteiger partial charge in [0.25, 0.3) is 0 Å². The van der Waals surface area contributed by atoms with Gasteiger partial charge in [-0.15, -0.1) is 0 Å². The minimum absolute atomic E-state index is 0.126. The molecule has 0 aliphatic carbocycles. The van der Waals surface area contributed by atoms with E-state index in [1.54, 1.807) is 23.1 Å². The molecule has 0 atom stereocenters. The number of hydrogen-bond acceptors (Lipinski definition) is 9. The smallest absolute Gasteiger partial charge is 0.378 e. The molecule has 1 aromatic carbocycles. The van der Waals surface area contributed by atoms with Crippen LogP contribution in [0.1, 0.15) is 30.5 Å². The lowest BCUT2D eigenvalue weighted by Crippen LogP contribution is -2.37. The zero-order chi connectivity index (χ0) is 27.2. The highest BCUT2D eigenvalue weighted by Gasteiger charge is 2.32. The Hall–Kier alpha value is -4.00. The van der Waals surface area contributed by atoms with Crippen molar-refractivity contribution in [1.82, 2.24) is 15.0 Å². The first-order valence-electron chi connectivity index (χ1n) is 12.7. The molecule has 0 saturated carbocycles. The molecule has 0 amide bonds. The van der Waals surface area contributed by atoms with Crippen molar-refractivity contribution in [2.24, 2.45) is 5.10 Å². The molecule has 0 unspecified atom stereocenters. The Morgan fingerprint density at radius 2 is 1.69 bits per heavy atom. The van der Waals surface area contributed by atoms with Crippen LogP contribution in [0.4, 0.5) is 46.4 Å². The summed E-state index contributed by atoms with van der Waals surface area (Å²) < 4.78 is 60.2. The van der Waals surface area contributed by atoms with E-state index in [4.69, 9.17) is 4.74 Å². The summed E-state index contributed by atoms with van der Waals surface area (Å²) in [6.45, 7) is 3.52. The van der Waals surface area contributed by atoms with E-state index in [9.17, 15) is 17.6 Å². The zero-order valence-corrected chi connectivity index (χ0v) is 21.1. The van der Waals surface area contributed by atoms with Crippen LogP contribution in [0.25, 0.3) is 0 Å². The first-order valence-corrected chi connectivity index (χ1v) is 12.7. The SMILES string of the molecule is Fc1cnc(N/N=C\c2ccc(Nc3cc(N4CCCCC4)cc(C(F)(F)F)c3)cn2)nc1N1CCOCC1. The number of benzene rings is 1. The second kappa shape index (κ2) is 11.8. The number of pyridine rings is 1. The Morgan fingerprint density at radius 1 is 0.897 bits per heavy atom. The predicted octanol–water partition coefficient (Wildman–Crippen LogP) is 5.05. The number of nitrogens with zero attached hydrogens (tertiary/aromatic N) is 6. The van der Waals surface area contributed by atoms with Crippen molar-refractivity contribution in [1.29, 1.82) is 0 Å². The summed E-state index contributed by atoms with van der Waals surface area (Å²) in [5, 5.41) is 7.09. The molecule has 0 radical (unpaired) electrons. The maximum atomic E-state index is 14.2. The Labute approximate surface area is 222 Å². The third-order valence-electron chi connectivity index (χ3n) is 6.44. The second-order valence-corrected chi connectivity index (χ2v) is 9.25. The van der Waals surface area contributed by atoms with Crippen molar-refractivity contribution in [2.45, 2.75) is 25.4 Å². The third kappa shape index (κ3) is 6.91.